The molecule has 0 aromatic carbocycles. The third-order valence-electron chi connectivity index (χ3n) is 2.62. The maximum atomic E-state index is 4.24. The van der Waals surface area contributed by atoms with Gasteiger partial charge in [-0.25, -0.2) is 4.98 Å². The van der Waals surface area contributed by atoms with E-state index in [-0.39, 0.29) is 0 Å². The molecule has 1 saturated heterocycles. The predicted molar refractivity (Wildman–Crippen MR) is 62.2 cm³/mol. The van der Waals surface area contributed by atoms with Crippen molar-refractivity contribution in [2.24, 2.45) is 0 Å². The summed E-state index contributed by atoms with van der Waals surface area (Å²) >= 11 is 2.33. The van der Waals surface area contributed by atoms with E-state index in [2.05, 4.69) is 43.1 Å². The molecule has 0 amide bonds. The molecule has 2 N–H and O–H groups in total. The van der Waals surface area contributed by atoms with Gasteiger partial charge in [0.2, 0.25) is 0 Å². The number of hydrogen-bond donors (Lipinski definition) is 2. The summed E-state index contributed by atoms with van der Waals surface area (Å²) in [6.45, 7) is 2.09. The summed E-state index contributed by atoms with van der Waals surface area (Å²) in [5, 5.41) is 11.8. The number of rotatable bonds is 1. The van der Waals surface area contributed by atoms with E-state index in [1.54, 1.807) is 6.20 Å². The van der Waals surface area contributed by atoms with Crippen molar-refractivity contribution in [2.45, 2.75) is 5.92 Å². The van der Waals surface area contributed by atoms with E-state index >= 15 is 0 Å². The van der Waals surface area contributed by atoms with Crippen molar-refractivity contribution in [3.05, 3.63) is 21.5 Å². The number of fused-ring (bicyclic) bond motifs is 1. The van der Waals surface area contributed by atoms with Gasteiger partial charge in [-0.2, -0.15) is 5.10 Å². The Morgan fingerprint density at radius 2 is 2.29 bits per heavy atom. The lowest BCUT2D eigenvalue weighted by Gasteiger charge is -2.26. The van der Waals surface area contributed by atoms with Gasteiger partial charge in [-0.05, 0) is 28.7 Å². The van der Waals surface area contributed by atoms with E-state index in [9.17, 15) is 0 Å². The normalized spacial score (nSPS) is 17.2. The van der Waals surface area contributed by atoms with Gasteiger partial charge in [0.05, 0.1) is 11.1 Å². The van der Waals surface area contributed by atoms with Crippen molar-refractivity contribution in [1.29, 1.82) is 0 Å². The maximum Gasteiger partial charge on any atom is 0.182 e. The summed E-state index contributed by atoms with van der Waals surface area (Å²) in [7, 11) is 0. The zero-order valence-corrected chi connectivity index (χ0v) is 9.58. The molecule has 0 radical (unpaired) electrons. The number of hydrogen-bond acceptors (Lipinski definition) is 3. The quantitative estimate of drug-likeness (QED) is 0.779. The minimum absolute atomic E-state index is 0.581. The molecule has 0 bridgehead atoms. The lowest BCUT2D eigenvalue weighted by molar-refractivity contribution is 0.441. The van der Waals surface area contributed by atoms with Gasteiger partial charge >= 0.3 is 0 Å². The first-order valence-electron chi connectivity index (χ1n) is 4.55. The third kappa shape index (κ3) is 1.15. The lowest BCUT2D eigenvalue weighted by atomic mass is 9.97. The molecule has 0 atom stereocenters. The summed E-state index contributed by atoms with van der Waals surface area (Å²) in [4.78, 5) is 4.24. The Morgan fingerprint density at radius 3 is 3.00 bits per heavy atom. The van der Waals surface area contributed by atoms with Crippen molar-refractivity contribution in [3.63, 3.8) is 0 Å². The highest BCUT2D eigenvalue weighted by Crippen LogP contribution is 2.28. The van der Waals surface area contributed by atoms with Crippen LogP contribution in [-0.4, -0.2) is 28.3 Å². The summed E-state index contributed by atoms with van der Waals surface area (Å²) in [5.41, 5.74) is 2.06. The van der Waals surface area contributed by atoms with Gasteiger partial charge in [-0.3, -0.25) is 5.10 Å². The van der Waals surface area contributed by atoms with Crippen molar-refractivity contribution in [1.82, 2.24) is 20.5 Å². The van der Waals surface area contributed by atoms with Crippen LogP contribution in [0.3, 0.4) is 0 Å². The molecule has 0 unspecified atom stereocenters. The fraction of sp³-hybridized carbons (Fsp3) is 0.333. The first-order valence-corrected chi connectivity index (χ1v) is 5.63. The Morgan fingerprint density at radius 1 is 1.43 bits per heavy atom. The molecule has 72 valence electrons. The predicted octanol–water partition coefficient (Wildman–Crippen LogP) is 1.25. The molecular weight excluding hydrogens is 291 g/mol. The van der Waals surface area contributed by atoms with Crippen LogP contribution < -0.4 is 5.32 Å². The lowest BCUT2D eigenvalue weighted by Crippen LogP contribution is -2.40. The minimum atomic E-state index is 0.581. The molecule has 2 aromatic heterocycles. The Labute approximate surface area is 94.6 Å². The molecule has 2 aromatic rings. The van der Waals surface area contributed by atoms with Crippen LogP contribution in [0.4, 0.5) is 0 Å². The van der Waals surface area contributed by atoms with Crippen LogP contribution in [0.5, 0.6) is 0 Å². The molecule has 1 aliphatic heterocycles. The fourth-order valence-electron chi connectivity index (χ4n) is 1.72. The maximum absolute atomic E-state index is 4.24. The first-order chi connectivity index (χ1) is 6.86. The smallest absolute Gasteiger partial charge is 0.182 e. The zero-order chi connectivity index (χ0) is 9.54. The molecule has 4 nitrogen and oxygen atoms in total. The third-order valence-corrected chi connectivity index (χ3v) is 3.52. The molecule has 3 heterocycles. The molecule has 0 aliphatic carbocycles. The van der Waals surface area contributed by atoms with E-state index in [1.807, 2.05) is 6.07 Å². The largest absolute Gasteiger partial charge is 0.315 e. The molecule has 14 heavy (non-hydrogen) atoms. The van der Waals surface area contributed by atoms with Crippen LogP contribution in [0.1, 0.15) is 11.6 Å². The van der Waals surface area contributed by atoms with Gasteiger partial charge in [0.1, 0.15) is 0 Å². The molecule has 0 saturated carbocycles. The Kier molecular flexibility index (Phi) is 1.94. The van der Waals surface area contributed by atoms with Crippen molar-refractivity contribution in [3.8, 4) is 0 Å². The van der Waals surface area contributed by atoms with Crippen LogP contribution in [0.25, 0.3) is 11.0 Å². The Balaban J connectivity index is 2.23. The average molecular weight is 300 g/mol. The van der Waals surface area contributed by atoms with Crippen LogP contribution >= 0.6 is 22.6 Å². The first kappa shape index (κ1) is 8.60. The SMILES string of the molecule is Ic1ccnc2n[nH]c(C3CNC3)c12. The highest BCUT2D eigenvalue weighted by molar-refractivity contribution is 14.1. The molecule has 3 rings (SSSR count). The monoisotopic (exact) mass is 300 g/mol. The number of halogens is 1. The van der Waals surface area contributed by atoms with Gasteiger partial charge in [-0.15, -0.1) is 0 Å². The van der Waals surface area contributed by atoms with Crippen molar-refractivity contribution in [2.75, 3.05) is 13.1 Å². The minimum Gasteiger partial charge on any atom is -0.315 e. The van der Waals surface area contributed by atoms with Crippen molar-refractivity contribution < 1.29 is 0 Å². The molecule has 0 spiro atoms. The van der Waals surface area contributed by atoms with E-state index in [4.69, 9.17) is 0 Å². The van der Waals surface area contributed by atoms with Gasteiger partial charge in [0, 0.05) is 28.8 Å². The number of H-pyrrole nitrogens is 1. The number of nitrogens with one attached hydrogen (secondary N) is 2. The number of aromatic nitrogens is 3. The van der Waals surface area contributed by atoms with Crippen LogP contribution in [0.2, 0.25) is 0 Å². The van der Waals surface area contributed by atoms with E-state index in [0.717, 1.165) is 18.7 Å². The van der Waals surface area contributed by atoms with Crippen LogP contribution in [0.15, 0.2) is 12.3 Å². The molecule has 1 aliphatic rings. The van der Waals surface area contributed by atoms with E-state index < -0.39 is 0 Å². The van der Waals surface area contributed by atoms with Crippen LogP contribution in [-0.2, 0) is 0 Å². The molecular formula is C9H9IN4. The fourth-order valence-corrected chi connectivity index (χ4v) is 2.41. The molecule has 5 heteroatoms. The van der Waals surface area contributed by atoms with E-state index in [1.165, 1.54) is 14.7 Å². The Bertz CT molecular complexity index is 475. The second-order valence-corrected chi connectivity index (χ2v) is 4.65. The van der Waals surface area contributed by atoms with Gasteiger partial charge in [0.25, 0.3) is 0 Å². The van der Waals surface area contributed by atoms with E-state index in [0.29, 0.717) is 5.92 Å². The average Bonchev–Trinajstić information content (AvgIpc) is 2.47. The number of nitrogens with zero attached hydrogens (tertiary/aromatic N) is 2. The summed E-state index contributed by atoms with van der Waals surface area (Å²) in [5.74, 6) is 0.581. The second-order valence-electron chi connectivity index (χ2n) is 3.48. The summed E-state index contributed by atoms with van der Waals surface area (Å²) in [6, 6.07) is 2.02. The highest BCUT2D eigenvalue weighted by Gasteiger charge is 2.24. The highest BCUT2D eigenvalue weighted by atomic mass is 127. The number of pyridine rings is 1. The molecule has 1 fully saturated rings. The topological polar surface area (TPSA) is 53.6 Å². The second kappa shape index (κ2) is 3.16. The van der Waals surface area contributed by atoms with Gasteiger partial charge in [-0.1, -0.05) is 0 Å². The number of aromatic amines is 1. The zero-order valence-electron chi connectivity index (χ0n) is 7.42. The Hall–Kier alpha value is -0.690. The van der Waals surface area contributed by atoms with Crippen molar-refractivity contribution >= 4 is 33.6 Å². The summed E-state index contributed by atoms with van der Waals surface area (Å²) < 4.78 is 1.23. The van der Waals surface area contributed by atoms with Crippen LogP contribution in [0, 0.1) is 3.57 Å². The van der Waals surface area contributed by atoms with Gasteiger partial charge in [0.15, 0.2) is 5.65 Å². The van der Waals surface area contributed by atoms with Gasteiger partial charge < -0.3 is 5.32 Å². The summed E-state index contributed by atoms with van der Waals surface area (Å²) in [6.07, 6.45) is 1.80. The standard InChI is InChI=1S/C9H9IN4/c10-6-1-2-12-9-7(6)8(13-14-9)5-3-11-4-5/h1-2,5,11H,3-4H2,(H,12,13,14).